The van der Waals surface area contributed by atoms with Crippen LogP contribution in [0.15, 0.2) is 273 Å². The van der Waals surface area contributed by atoms with Crippen LogP contribution in [0, 0.1) is 6.92 Å². The molecule has 0 bridgehead atoms. The van der Waals surface area contributed by atoms with Crippen LogP contribution in [0.4, 0.5) is 0 Å². The molecule has 6 aliphatic rings. The van der Waals surface area contributed by atoms with Gasteiger partial charge in [-0.15, -0.1) is 0 Å². The van der Waals surface area contributed by atoms with Gasteiger partial charge in [-0.1, -0.05) is 247 Å². The number of ether oxygens (including phenoxy) is 3. The Morgan fingerprint density at radius 3 is 1.28 bits per heavy atom. The molecule has 4 N–H and O–H groups in total. The molecule has 0 saturated heterocycles. The molecule has 16 rings (SSSR count). The lowest BCUT2D eigenvalue weighted by Crippen LogP contribution is -2.51. The Labute approximate surface area is 584 Å². The van der Waals surface area contributed by atoms with Crippen LogP contribution >= 0.6 is 82.6 Å². The summed E-state index contributed by atoms with van der Waals surface area (Å²) in [7, 11) is -4.01. The van der Waals surface area contributed by atoms with Gasteiger partial charge in [-0.25, -0.2) is 4.83 Å². The van der Waals surface area contributed by atoms with Crippen LogP contribution in [0.5, 0.6) is 17.2 Å². The fourth-order valence-electron chi connectivity index (χ4n) is 14.1. The summed E-state index contributed by atoms with van der Waals surface area (Å²) in [5.41, 5.74) is -0.404. The van der Waals surface area contributed by atoms with Crippen molar-refractivity contribution in [1.29, 1.82) is 0 Å². The summed E-state index contributed by atoms with van der Waals surface area (Å²) in [6, 6.07) is 64.5. The zero-order valence-corrected chi connectivity index (χ0v) is 56.8. The first-order valence-corrected chi connectivity index (χ1v) is 34.4. The lowest BCUT2D eigenvalue weighted by molar-refractivity contribution is -0.0875. The average Bonchev–Trinajstić information content (AvgIpc) is 1.54. The van der Waals surface area contributed by atoms with Crippen molar-refractivity contribution in [2.24, 2.45) is 5.10 Å². The van der Waals surface area contributed by atoms with E-state index >= 15 is 0 Å². The zero-order valence-electron chi connectivity index (χ0n) is 49.0. The maximum absolute atomic E-state index is 13.2. The summed E-state index contributed by atoms with van der Waals surface area (Å²) in [6.45, 7) is 1.88. The van der Waals surface area contributed by atoms with Crippen molar-refractivity contribution in [1.82, 2.24) is 19.8 Å². The average molecular weight is 1520 g/mol. The second-order valence-corrected chi connectivity index (χ2v) is 29.1. The Morgan fingerprint density at radius 2 is 0.862 bits per heavy atom. The Balaban J connectivity index is 0.000000131. The van der Waals surface area contributed by atoms with Gasteiger partial charge in [0, 0.05) is 85.5 Å². The van der Waals surface area contributed by atoms with Gasteiger partial charge >= 0.3 is 0 Å². The minimum atomic E-state index is -4.01. The molecule has 0 amide bonds. The van der Waals surface area contributed by atoms with Crippen molar-refractivity contribution < 1.29 is 37.9 Å². The van der Waals surface area contributed by atoms with Gasteiger partial charge in [-0.2, -0.15) is 13.5 Å². The number of pyridine rings is 3. The molecule has 0 spiro atoms. The Bertz CT molecular complexity index is 4570. The highest BCUT2D eigenvalue weighted by atomic mass is 79.9. The van der Waals surface area contributed by atoms with E-state index in [9.17, 15) is 23.7 Å². The maximum atomic E-state index is 13.2. The second kappa shape index (κ2) is 24.9. The number of fused-ring (bicyclic) bond motifs is 9. The van der Waals surface area contributed by atoms with Crippen molar-refractivity contribution >= 4 is 98.3 Å². The molecule has 0 unspecified atom stereocenters. The van der Waals surface area contributed by atoms with E-state index in [2.05, 4.69) is 72.7 Å². The van der Waals surface area contributed by atoms with E-state index in [1.165, 1.54) is 18.3 Å². The van der Waals surface area contributed by atoms with Gasteiger partial charge in [-0.05, 0) is 89.9 Å². The predicted octanol–water partition coefficient (Wildman–Crippen LogP) is 17.1. The smallest absolute Gasteiger partial charge is 0.276 e. The van der Waals surface area contributed by atoms with Crippen LogP contribution in [0.2, 0.25) is 15.1 Å². The first-order chi connectivity index (χ1) is 44.7. The van der Waals surface area contributed by atoms with Crippen molar-refractivity contribution in [2.75, 3.05) is 0 Å². The fourth-order valence-corrected chi connectivity index (χ4v) is 16.1. The predicted molar refractivity (Wildman–Crippen MR) is 375 cm³/mol. The Kier molecular flexibility index (Phi) is 17.3. The highest BCUT2D eigenvalue weighted by molar-refractivity contribution is 9.11. The number of rotatable bonds is 9. The Hall–Kier alpha value is -7.52. The largest absolute Gasteiger partial charge is 0.476 e. The maximum Gasteiger partial charge on any atom is 0.276 e. The molecule has 474 valence electrons. The standard InChI is InChI=1S/C29H23BrClN3O4S.2C22H15BrClNO2.CH4/c1-18-7-13-23(14-8-18)39(36,37)34-33-26-16-24(19-5-3-2-4-6-19)29(20-9-11-21(30)12-10-20)28(26,35)27-25(38-29)15-22(31)17-32-27;2*23-16-8-6-15(7-9-16)22-18(14-4-2-1-3-5-14)10-11-21(22,26)20-19(27-22)12-17(24)13-25-20;/h2-15,17,24,34-35H,16H2,1H3;2*1-13,18,26H;1H4/b33-26+;;;/t24-,28+,29-;2*18-,21+,22-;/m000./s1. The number of aryl methyl sites for hydroxylation is 1. The third kappa shape index (κ3) is 10.4. The van der Waals surface area contributed by atoms with Gasteiger partial charge in [0.2, 0.25) is 0 Å². The number of halogens is 6. The molecular formula is C74H57Br3Cl3N5O8S. The number of sulfonamides is 1. The third-order valence-electron chi connectivity index (χ3n) is 18.2. The number of aliphatic hydroxyl groups is 3. The number of nitrogens with zero attached hydrogens (tertiary/aromatic N) is 4. The topological polar surface area (TPSA) is 186 Å². The molecule has 3 aromatic heterocycles. The monoisotopic (exact) mass is 1520 g/mol. The van der Waals surface area contributed by atoms with E-state index < -0.39 is 49.5 Å². The lowest BCUT2D eigenvalue weighted by atomic mass is 9.72. The van der Waals surface area contributed by atoms with Crippen LogP contribution in [0.25, 0.3) is 0 Å². The number of nitrogens with one attached hydrogen (secondary N) is 1. The molecule has 1 saturated carbocycles. The molecular weight excluding hydrogens is 1460 g/mol. The highest BCUT2D eigenvalue weighted by Crippen LogP contribution is 2.67. The van der Waals surface area contributed by atoms with E-state index in [0.29, 0.717) is 49.3 Å². The number of benzene rings is 7. The van der Waals surface area contributed by atoms with E-state index in [-0.39, 0.29) is 42.0 Å². The van der Waals surface area contributed by atoms with E-state index in [1.807, 2.05) is 183 Å². The van der Waals surface area contributed by atoms with Crippen LogP contribution < -0.4 is 19.0 Å². The molecule has 1 fully saturated rings. The summed E-state index contributed by atoms with van der Waals surface area (Å²) in [5.74, 6) is 0.523. The summed E-state index contributed by atoms with van der Waals surface area (Å²) in [4.78, 5) is 15.7. The summed E-state index contributed by atoms with van der Waals surface area (Å²) in [6.07, 6.45) is 12.4. The SMILES string of the molecule is C.Cc1ccc(S(=O)(=O)N/N=C2\C[C@@H](c3ccccc3)[C@]3(c4ccc(Br)cc4)Oc4cc(Cl)cnc4[C@]23O)cc1.O[C@@]12C=C[C@@H](c3ccccc3)[C@]1(c1ccc(Br)cc1)Oc1cc(Cl)cnc12.O[C@@]12C=C[C@@H](c3ccccc3)[C@]1(c1ccc(Br)cc1)Oc1cc(Cl)cnc12. The zero-order chi connectivity index (χ0) is 64.7. The van der Waals surface area contributed by atoms with Gasteiger partial charge < -0.3 is 29.5 Å². The van der Waals surface area contributed by atoms with Gasteiger partial charge in [0.05, 0.1) is 25.7 Å². The van der Waals surface area contributed by atoms with Crippen molar-refractivity contribution in [3.8, 4) is 17.2 Å². The van der Waals surface area contributed by atoms with Crippen LogP contribution in [-0.4, -0.2) is 44.4 Å². The fraction of sp³-hybridized carbons (Fsp3) is 0.162. The molecule has 7 aromatic carbocycles. The normalized spacial score (nSPS) is 26.3. The lowest BCUT2D eigenvalue weighted by Gasteiger charge is -2.40. The van der Waals surface area contributed by atoms with Gasteiger partial charge in [0.15, 0.2) is 33.6 Å². The number of hydrazone groups is 1. The second-order valence-electron chi connectivity index (χ2n) is 23.4. The molecule has 13 nitrogen and oxygen atoms in total. The number of hydrogen-bond acceptors (Lipinski definition) is 12. The molecule has 20 heteroatoms. The van der Waals surface area contributed by atoms with Gasteiger partial charge in [-0.3, -0.25) is 15.0 Å². The highest BCUT2D eigenvalue weighted by Gasteiger charge is 2.73. The summed E-state index contributed by atoms with van der Waals surface area (Å²) < 4.78 is 48.8. The van der Waals surface area contributed by atoms with E-state index in [0.717, 1.165) is 46.8 Å². The molecule has 10 aromatic rings. The first kappa shape index (κ1) is 65.2. The summed E-state index contributed by atoms with van der Waals surface area (Å²) >= 11 is 29.0. The molecule has 6 heterocycles. The molecule has 94 heavy (non-hydrogen) atoms. The van der Waals surface area contributed by atoms with Crippen LogP contribution in [-0.2, 0) is 43.6 Å². The molecule has 0 radical (unpaired) electrons. The third-order valence-corrected chi connectivity index (χ3v) is 21.6. The minimum Gasteiger partial charge on any atom is -0.476 e. The van der Waals surface area contributed by atoms with Gasteiger partial charge in [0.1, 0.15) is 34.3 Å². The molecule has 3 aliphatic heterocycles. The number of aromatic nitrogens is 3. The van der Waals surface area contributed by atoms with Gasteiger partial charge in [0.25, 0.3) is 10.0 Å². The van der Waals surface area contributed by atoms with Crippen molar-refractivity contribution in [3.05, 3.63) is 334 Å². The van der Waals surface area contributed by atoms with Crippen molar-refractivity contribution in [3.63, 3.8) is 0 Å². The molecule has 9 atom stereocenters. The van der Waals surface area contributed by atoms with E-state index in [1.54, 1.807) is 54.9 Å². The Morgan fingerprint density at radius 1 is 0.500 bits per heavy atom. The van der Waals surface area contributed by atoms with Crippen LogP contribution in [0.3, 0.4) is 0 Å². The minimum absolute atomic E-state index is 0. The number of hydrogen-bond donors (Lipinski definition) is 4. The van der Waals surface area contributed by atoms with Crippen LogP contribution in [0.1, 0.15) is 87.6 Å². The molecule has 3 aliphatic carbocycles. The van der Waals surface area contributed by atoms with E-state index in [4.69, 9.17) is 49.0 Å². The van der Waals surface area contributed by atoms with Crippen molar-refractivity contribution in [2.45, 2.75) is 77.0 Å². The summed E-state index contributed by atoms with van der Waals surface area (Å²) in [5, 5.41) is 42.1. The quantitative estimate of drug-likeness (QED) is 0.0796. The first-order valence-electron chi connectivity index (χ1n) is 29.4.